The fourth-order valence-electron chi connectivity index (χ4n) is 1.44. The number of carbonyl (C=O) groups excluding carboxylic acids is 2. The SMILES string of the molecule is O=C(C=Cc1ccco1)OCC(=O)c1ccc(F)cc1. The first-order chi connectivity index (χ1) is 9.65. The summed E-state index contributed by atoms with van der Waals surface area (Å²) in [5, 5.41) is 0. The van der Waals surface area contributed by atoms with Crippen LogP contribution in [0.25, 0.3) is 6.08 Å². The van der Waals surface area contributed by atoms with Gasteiger partial charge in [-0.05, 0) is 42.5 Å². The molecule has 2 rings (SSSR count). The summed E-state index contributed by atoms with van der Waals surface area (Å²) in [4.78, 5) is 23.0. The van der Waals surface area contributed by atoms with E-state index in [1.54, 1.807) is 12.1 Å². The third-order valence-corrected chi connectivity index (χ3v) is 2.44. The average Bonchev–Trinajstić information content (AvgIpc) is 2.96. The van der Waals surface area contributed by atoms with Crippen molar-refractivity contribution in [3.05, 3.63) is 65.9 Å². The van der Waals surface area contributed by atoms with Gasteiger partial charge in [0.1, 0.15) is 11.6 Å². The fourth-order valence-corrected chi connectivity index (χ4v) is 1.44. The van der Waals surface area contributed by atoms with Crippen LogP contribution in [0.15, 0.2) is 53.2 Å². The number of ether oxygens (including phenoxy) is 1. The van der Waals surface area contributed by atoms with Crippen molar-refractivity contribution in [2.24, 2.45) is 0 Å². The highest BCUT2D eigenvalue weighted by molar-refractivity contribution is 5.98. The molecule has 0 N–H and O–H groups in total. The Labute approximate surface area is 114 Å². The zero-order valence-corrected chi connectivity index (χ0v) is 10.4. The molecule has 4 nitrogen and oxygen atoms in total. The quantitative estimate of drug-likeness (QED) is 0.478. The van der Waals surface area contributed by atoms with E-state index >= 15 is 0 Å². The summed E-state index contributed by atoms with van der Waals surface area (Å²) in [6.45, 7) is -0.396. The van der Waals surface area contributed by atoms with Crippen LogP contribution < -0.4 is 0 Å². The molecule has 2 aromatic rings. The number of ketones is 1. The Morgan fingerprint density at radius 2 is 1.95 bits per heavy atom. The molecule has 20 heavy (non-hydrogen) atoms. The topological polar surface area (TPSA) is 56.5 Å². The zero-order chi connectivity index (χ0) is 14.4. The van der Waals surface area contributed by atoms with Crippen molar-refractivity contribution in [1.29, 1.82) is 0 Å². The first-order valence-corrected chi connectivity index (χ1v) is 5.82. The van der Waals surface area contributed by atoms with Gasteiger partial charge in [0.15, 0.2) is 12.4 Å². The van der Waals surface area contributed by atoms with Gasteiger partial charge in [0.2, 0.25) is 0 Å². The largest absolute Gasteiger partial charge is 0.465 e. The van der Waals surface area contributed by atoms with Crippen LogP contribution in [0.2, 0.25) is 0 Å². The molecule has 0 aliphatic carbocycles. The lowest BCUT2D eigenvalue weighted by molar-refractivity contribution is -0.136. The van der Waals surface area contributed by atoms with E-state index in [0.29, 0.717) is 5.76 Å². The molecule has 0 bridgehead atoms. The average molecular weight is 274 g/mol. The normalized spacial score (nSPS) is 10.7. The minimum absolute atomic E-state index is 0.286. The van der Waals surface area contributed by atoms with Crippen LogP contribution in [0.3, 0.4) is 0 Å². The number of furan rings is 1. The number of Topliss-reactive ketones (excluding diaryl/α,β-unsaturated/α-hetero) is 1. The van der Waals surface area contributed by atoms with Crippen LogP contribution in [0.1, 0.15) is 16.1 Å². The van der Waals surface area contributed by atoms with Crippen LogP contribution in [-0.2, 0) is 9.53 Å². The van der Waals surface area contributed by atoms with E-state index in [-0.39, 0.29) is 5.56 Å². The maximum absolute atomic E-state index is 12.7. The van der Waals surface area contributed by atoms with Gasteiger partial charge in [-0.3, -0.25) is 4.79 Å². The van der Waals surface area contributed by atoms with Gasteiger partial charge in [-0.15, -0.1) is 0 Å². The fraction of sp³-hybridized carbons (Fsp3) is 0.0667. The Balaban J connectivity index is 1.84. The molecule has 0 radical (unpaired) electrons. The number of halogens is 1. The summed E-state index contributed by atoms with van der Waals surface area (Å²) in [5.41, 5.74) is 0.286. The number of esters is 1. The van der Waals surface area contributed by atoms with Crippen molar-refractivity contribution in [2.45, 2.75) is 0 Å². The molecule has 0 unspecified atom stereocenters. The predicted molar refractivity (Wildman–Crippen MR) is 69.4 cm³/mol. The smallest absolute Gasteiger partial charge is 0.331 e. The van der Waals surface area contributed by atoms with Gasteiger partial charge in [0.25, 0.3) is 0 Å². The molecular formula is C15H11FO4. The van der Waals surface area contributed by atoms with Gasteiger partial charge in [0, 0.05) is 11.6 Å². The van der Waals surface area contributed by atoms with E-state index in [1.165, 1.54) is 36.6 Å². The number of benzene rings is 1. The lowest BCUT2D eigenvalue weighted by atomic mass is 10.1. The van der Waals surface area contributed by atoms with Gasteiger partial charge >= 0.3 is 5.97 Å². The monoisotopic (exact) mass is 274 g/mol. The Bertz CT molecular complexity index is 612. The van der Waals surface area contributed by atoms with Crippen LogP contribution >= 0.6 is 0 Å². The molecule has 1 aromatic carbocycles. The number of hydrogen-bond donors (Lipinski definition) is 0. The molecule has 0 aliphatic rings. The molecule has 0 atom stereocenters. The summed E-state index contributed by atoms with van der Waals surface area (Å²) in [6.07, 6.45) is 4.07. The standard InChI is InChI=1S/C15H11FO4/c16-12-5-3-11(4-6-12)14(17)10-20-15(18)8-7-13-2-1-9-19-13/h1-9H,10H2. The molecule has 5 heteroatoms. The van der Waals surface area contributed by atoms with Gasteiger partial charge in [-0.1, -0.05) is 0 Å². The molecule has 102 valence electrons. The Morgan fingerprint density at radius 3 is 2.60 bits per heavy atom. The summed E-state index contributed by atoms with van der Waals surface area (Å²) in [6, 6.07) is 8.38. The van der Waals surface area contributed by atoms with E-state index in [9.17, 15) is 14.0 Å². The number of carbonyl (C=O) groups is 2. The van der Waals surface area contributed by atoms with Crippen molar-refractivity contribution in [1.82, 2.24) is 0 Å². The second kappa shape index (κ2) is 6.47. The molecule has 1 heterocycles. The Hall–Kier alpha value is -2.69. The number of hydrogen-bond acceptors (Lipinski definition) is 4. The molecule has 0 amide bonds. The lowest BCUT2D eigenvalue weighted by Gasteiger charge is -2.01. The van der Waals surface area contributed by atoms with Crippen LogP contribution in [0.5, 0.6) is 0 Å². The molecule has 0 saturated carbocycles. The van der Waals surface area contributed by atoms with Crippen LogP contribution in [0.4, 0.5) is 4.39 Å². The van der Waals surface area contributed by atoms with Crippen molar-refractivity contribution in [2.75, 3.05) is 6.61 Å². The van der Waals surface area contributed by atoms with E-state index in [0.717, 1.165) is 6.08 Å². The Kier molecular flexibility index (Phi) is 4.44. The first kappa shape index (κ1) is 13.7. The second-order valence-corrected chi connectivity index (χ2v) is 3.89. The van der Waals surface area contributed by atoms with Crippen molar-refractivity contribution < 1.29 is 23.1 Å². The van der Waals surface area contributed by atoms with Crippen LogP contribution in [-0.4, -0.2) is 18.4 Å². The maximum Gasteiger partial charge on any atom is 0.331 e. The van der Waals surface area contributed by atoms with E-state index in [2.05, 4.69) is 0 Å². The summed E-state index contributed by atoms with van der Waals surface area (Å²) in [5.74, 6) is -0.978. The highest BCUT2D eigenvalue weighted by Gasteiger charge is 2.08. The number of rotatable bonds is 5. The van der Waals surface area contributed by atoms with Crippen LogP contribution in [0, 0.1) is 5.82 Å². The second-order valence-electron chi connectivity index (χ2n) is 3.89. The zero-order valence-electron chi connectivity index (χ0n) is 10.4. The molecule has 0 fully saturated rings. The third kappa shape index (κ3) is 3.91. The van der Waals surface area contributed by atoms with Crippen molar-refractivity contribution in [3.63, 3.8) is 0 Å². The van der Waals surface area contributed by atoms with Gasteiger partial charge in [0.05, 0.1) is 6.26 Å². The van der Waals surface area contributed by atoms with Crippen molar-refractivity contribution in [3.8, 4) is 0 Å². The highest BCUT2D eigenvalue weighted by Crippen LogP contribution is 2.05. The first-order valence-electron chi connectivity index (χ1n) is 5.82. The Morgan fingerprint density at radius 1 is 1.20 bits per heavy atom. The summed E-state index contributed by atoms with van der Waals surface area (Å²) >= 11 is 0. The van der Waals surface area contributed by atoms with Gasteiger partial charge < -0.3 is 9.15 Å². The third-order valence-electron chi connectivity index (χ3n) is 2.44. The predicted octanol–water partition coefficient (Wildman–Crippen LogP) is 2.86. The minimum Gasteiger partial charge on any atom is -0.465 e. The lowest BCUT2D eigenvalue weighted by Crippen LogP contribution is -2.12. The minimum atomic E-state index is -0.656. The maximum atomic E-state index is 12.7. The molecule has 0 aliphatic heterocycles. The van der Waals surface area contributed by atoms with E-state index < -0.39 is 24.2 Å². The molecule has 0 saturated heterocycles. The molecule has 1 aromatic heterocycles. The van der Waals surface area contributed by atoms with Gasteiger partial charge in [-0.25, -0.2) is 9.18 Å². The molecule has 0 spiro atoms. The van der Waals surface area contributed by atoms with E-state index in [1.807, 2.05) is 0 Å². The molecular weight excluding hydrogens is 263 g/mol. The van der Waals surface area contributed by atoms with Crippen molar-refractivity contribution >= 4 is 17.8 Å². The summed E-state index contributed by atoms with van der Waals surface area (Å²) in [7, 11) is 0. The highest BCUT2D eigenvalue weighted by atomic mass is 19.1. The summed E-state index contributed by atoms with van der Waals surface area (Å²) < 4.78 is 22.5. The van der Waals surface area contributed by atoms with E-state index in [4.69, 9.17) is 9.15 Å². The van der Waals surface area contributed by atoms with Gasteiger partial charge in [-0.2, -0.15) is 0 Å².